The summed E-state index contributed by atoms with van der Waals surface area (Å²) in [6.45, 7) is 9.86. The Kier molecular flexibility index (Phi) is 8.38. The Bertz CT molecular complexity index is 1960. The molecule has 5 rings (SSSR count). The van der Waals surface area contributed by atoms with Gasteiger partial charge in [-0.1, -0.05) is 54.6 Å². The number of nitro groups is 1. The first kappa shape index (κ1) is 29.6. The van der Waals surface area contributed by atoms with E-state index in [9.17, 15) is 14.9 Å². The summed E-state index contributed by atoms with van der Waals surface area (Å²) in [6, 6.07) is 21.1. The normalized spacial score (nSPS) is 12.2. The van der Waals surface area contributed by atoms with E-state index in [0.29, 0.717) is 61.0 Å². The largest absolute Gasteiger partial charge is 0.380 e. The van der Waals surface area contributed by atoms with Gasteiger partial charge >= 0.3 is 0 Å². The first-order valence-corrected chi connectivity index (χ1v) is 14.0. The first-order valence-electron chi connectivity index (χ1n) is 13.6. The Labute approximate surface area is 253 Å². The van der Waals surface area contributed by atoms with Gasteiger partial charge in [-0.25, -0.2) is 9.67 Å². The minimum Gasteiger partial charge on any atom is -0.380 e. The predicted molar refractivity (Wildman–Crippen MR) is 172 cm³/mol. The molecule has 0 saturated carbocycles. The maximum atomic E-state index is 14.0. The third-order valence-electron chi connectivity index (χ3n) is 7.25. The van der Waals surface area contributed by atoms with Gasteiger partial charge < -0.3 is 4.74 Å². The van der Waals surface area contributed by atoms with Crippen molar-refractivity contribution in [2.45, 2.75) is 33.4 Å². The van der Waals surface area contributed by atoms with Crippen LogP contribution in [0.4, 0.5) is 11.5 Å². The van der Waals surface area contributed by atoms with Crippen molar-refractivity contribution in [2.75, 3.05) is 7.11 Å². The van der Waals surface area contributed by atoms with Gasteiger partial charge in [0.05, 0.1) is 39.2 Å². The number of ether oxygens (including phenoxy) is 1. The lowest BCUT2D eigenvalue weighted by molar-refractivity contribution is -0.385. The van der Waals surface area contributed by atoms with Crippen LogP contribution in [-0.2, 0) is 11.3 Å². The van der Waals surface area contributed by atoms with E-state index in [1.165, 1.54) is 13.2 Å². The number of nitrogens with zero attached hydrogens (tertiary/aromatic N) is 5. The van der Waals surface area contributed by atoms with Gasteiger partial charge in [0.2, 0.25) is 0 Å². The second-order valence-electron chi connectivity index (χ2n) is 10.1. The maximum Gasteiger partial charge on any atom is 0.275 e. The molecule has 0 radical (unpaired) electrons. The van der Waals surface area contributed by atoms with Crippen LogP contribution in [0.25, 0.3) is 33.3 Å². The van der Waals surface area contributed by atoms with Crippen molar-refractivity contribution in [1.82, 2.24) is 14.3 Å². The molecule has 0 spiro atoms. The molecule has 0 N–H and O–H groups in total. The highest BCUT2D eigenvalue weighted by Crippen LogP contribution is 2.40. The number of aliphatic imine (C=N–C) groups is 1. The van der Waals surface area contributed by atoms with Crippen LogP contribution in [0.15, 0.2) is 89.2 Å². The first-order chi connectivity index (χ1) is 20.7. The van der Waals surface area contributed by atoms with Crippen LogP contribution in [0.2, 0.25) is 5.02 Å². The zero-order chi connectivity index (χ0) is 30.8. The van der Waals surface area contributed by atoms with Crippen LogP contribution in [0.1, 0.15) is 43.6 Å². The van der Waals surface area contributed by atoms with E-state index in [2.05, 4.69) is 11.6 Å². The summed E-state index contributed by atoms with van der Waals surface area (Å²) in [5, 5.41) is 18.4. The fraction of sp³-hybridized carbons (Fsp3) is 0.182. The number of pyridine rings is 1. The Morgan fingerprint density at radius 3 is 2.56 bits per heavy atom. The second kappa shape index (κ2) is 12.2. The monoisotopic (exact) mass is 595 g/mol. The van der Waals surface area contributed by atoms with Crippen molar-refractivity contribution >= 4 is 45.7 Å². The van der Waals surface area contributed by atoms with Crippen LogP contribution in [-0.4, -0.2) is 32.6 Å². The summed E-state index contributed by atoms with van der Waals surface area (Å²) in [7, 11) is 1.49. The van der Waals surface area contributed by atoms with Gasteiger partial charge in [0.1, 0.15) is 5.69 Å². The van der Waals surface area contributed by atoms with E-state index in [1.54, 1.807) is 40.6 Å². The summed E-state index contributed by atoms with van der Waals surface area (Å²) >= 11 is 6.51. The number of nitro benzene ring substituents is 1. The third-order valence-corrected chi connectivity index (χ3v) is 7.57. The van der Waals surface area contributed by atoms with Crippen LogP contribution in [0.3, 0.4) is 0 Å². The average Bonchev–Trinajstić information content (AvgIpc) is 3.37. The molecule has 5 aromatic rings. The number of methoxy groups -OCH3 is 1. The molecule has 43 heavy (non-hydrogen) atoms. The Balaban J connectivity index is 1.81. The van der Waals surface area contributed by atoms with E-state index in [-0.39, 0.29) is 17.9 Å². The van der Waals surface area contributed by atoms with Gasteiger partial charge in [-0.3, -0.25) is 19.5 Å². The quantitative estimate of drug-likeness (QED) is 0.0977. The van der Waals surface area contributed by atoms with Gasteiger partial charge in [0, 0.05) is 36.2 Å². The minimum absolute atomic E-state index is 0.0699. The number of aromatic nitrogens is 3. The summed E-state index contributed by atoms with van der Waals surface area (Å²) in [5.41, 5.74) is 3.82. The van der Waals surface area contributed by atoms with Crippen molar-refractivity contribution in [1.29, 1.82) is 0 Å². The molecule has 0 fully saturated rings. The molecule has 9 nitrogen and oxygen atoms in total. The predicted octanol–water partition coefficient (Wildman–Crippen LogP) is 7.93. The third kappa shape index (κ3) is 5.40. The van der Waals surface area contributed by atoms with Crippen LogP contribution in [0, 0.1) is 10.1 Å². The molecule has 10 heteroatoms. The van der Waals surface area contributed by atoms with E-state index in [4.69, 9.17) is 21.4 Å². The van der Waals surface area contributed by atoms with Crippen molar-refractivity contribution < 1.29 is 9.66 Å². The fourth-order valence-corrected chi connectivity index (χ4v) is 5.57. The summed E-state index contributed by atoms with van der Waals surface area (Å²) < 4.78 is 8.54. The summed E-state index contributed by atoms with van der Waals surface area (Å²) in [6.07, 6.45) is 1.66. The Hall–Kier alpha value is -4.86. The molecule has 0 aliphatic rings. The lowest BCUT2D eigenvalue weighted by atomic mass is 10.0. The highest BCUT2D eigenvalue weighted by Gasteiger charge is 2.27. The minimum atomic E-state index is -0.510. The molecule has 3 aromatic carbocycles. The fourth-order valence-electron chi connectivity index (χ4n) is 5.31. The zero-order valence-electron chi connectivity index (χ0n) is 24.2. The molecule has 0 aliphatic heterocycles. The maximum absolute atomic E-state index is 14.0. The van der Waals surface area contributed by atoms with Crippen LogP contribution in [0.5, 0.6) is 0 Å². The van der Waals surface area contributed by atoms with Gasteiger partial charge in [0.25, 0.3) is 11.2 Å². The highest BCUT2D eigenvalue weighted by molar-refractivity contribution is 6.35. The van der Waals surface area contributed by atoms with Gasteiger partial charge in [-0.15, -0.1) is 0 Å². The van der Waals surface area contributed by atoms with Gasteiger partial charge in [-0.2, -0.15) is 5.10 Å². The second-order valence-corrected chi connectivity index (χ2v) is 10.5. The Morgan fingerprint density at radius 1 is 1.16 bits per heavy atom. The van der Waals surface area contributed by atoms with Crippen LogP contribution >= 0.6 is 11.6 Å². The molecular formula is C33H30ClN5O4. The zero-order valence-corrected chi connectivity index (χ0v) is 25.0. The number of para-hydroxylation sites is 1. The van der Waals surface area contributed by atoms with Crippen molar-refractivity contribution in [2.24, 2.45) is 4.99 Å². The molecule has 0 saturated heterocycles. The van der Waals surface area contributed by atoms with Crippen molar-refractivity contribution in [3.8, 4) is 16.9 Å². The lowest BCUT2D eigenvalue weighted by Gasteiger charge is -2.21. The van der Waals surface area contributed by atoms with E-state index < -0.39 is 11.0 Å². The average molecular weight is 596 g/mol. The molecule has 1 unspecified atom stereocenters. The summed E-state index contributed by atoms with van der Waals surface area (Å²) in [4.78, 5) is 30.2. The highest BCUT2D eigenvalue weighted by atomic mass is 35.5. The number of halogens is 1. The smallest absolute Gasteiger partial charge is 0.275 e. The standard InChI is InChI=1S/C33H30ClN5O4/c1-6-35-32-29(20(2)3)31(23-15-16-24(19-43-5)28(18-23)39(41)42)36-38(32)21(4)27-17-22-11-10-14-26(34)30(22)33(40)37(27)25-12-8-7-9-13-25/h6-18,21H,2,19H2,1,3-5H3/b35-6-. The van der Waals surface area contributed by atoms with E-state index in [0.717, 1.165) is 0 Å². The number of benzene rings is 3. The molecular weight excluding hydrogens is 566 g/mol. The molecule has 2 aromatic heterocycles. The van der Waals surface area contributed by atoms with Crippen molar-refractivity contribution in [3.05, 3.63) is 122 Å². The number of hydrogen-bond donors (Lipinski definition) is 0. The molecule has 0 aliphatic carbocycles. The molecule has 218 valence electrons. The van der Waals surface area contributed by atoms with Gasteiger partial charge in [-0.05, 0) is 62.1 Å². The Morgan fingerprint density at radius 2 is 1.91 bits per heavy atom. The number of hydrogen-bond acceptors (Lipinski definition) is 6. The number of rotatable bonds is 9. The van der Waals surface area contributed by atoms with E-state index in [1.807, 2.05) is 62.4 Å². The van der Waals surface area contributed by atoms with Crippen molar-refractivity contribution in [3.63, 3.8) is 0 Å². The number of allylic oxidation sites excluding steroid dienone is 1. The molecule has 0 amide bonds. The van der Waals surface area contributed by atoms with Crippen LogP contribution < -0.4 is 5.56 Å². The number of fused-ring (bicyclic) bond motifs is 1. The molecule has 1 atom stereocenters. The lowest BCUT2D eigenvalue weighted by Crippen LogP contribution is -2.26. The topological polar surface area (TPSA) is 105 Å². The summed E-state index contributed by atoms with van der Waals surface area (Å²) in [5.74, 6) is 0.513. The van der Waals surface area contributed by atoms with E-state index >= 15 is 0 Å². The SMILES string of the molecule is C=C(C)c1c(-c2ccc(COC)c([N+](=O)[O-])c2)nn(C(C)c2cc3cccc(Cl)c3c(=O)n2-c2ccccc2)c1/N=C\C. The van der Waals surface area contributed by atoms with Gasteiger partial charge in [0.15, 0.2) is 5.82 Å². The molecule has 2 heterocycles. The molecule has 0 bridgehead atoms.